The number of benzene rings is 2. The Balaban J connectivity index is 1.36. The van der Waals surface area contributed by atoms with E-state index in [-0.39, 0.29) is 23.7 Å². The van der Waals surface area contributed by atoms with Crippen molar-refractivity contribution in [1.29, 1.82) is 0 Å². The Labute approximate surface area is 260 Å². The maximum atomic E-state index is 13.5. The summed E-state index contributed by atoms with van der Waals surface area (Å²) in [4.78, 5) is 42.4. The molecule has 1 aliphatic carbocycles. The average molecular weight is 613 g/mol. The fourth-order valence-corrected chi connectivity index (χ4v) is 5.64. The lowest BCUT2D eigenvalue weighted by Crippen LogP contribution is -2.26. The van der Waals surface area contributed by atoms with Crippen molar-refractivity contribution in [3.63, 3.8) is 0 Å². The van der Waals surface area contributed by atoms with Gasteiger partial charge in [0, 0.05) is 36.7 Å². The summed E-state index contributed by atoms with van der Waals surface area (Å²) < 4.78 is 17.1. The second-order valence-electron chi connectivity index (χ2n) is 10.6. The number of methoxy groups -OCH3 is 3. The summed E-state index contributed by atoms with van der Waals surface area (Å²) in [6.07, 6.45) is 3.35. The number of nitrogens with zero attached hydrogens (tertiary/aromatic N) is 2. The third-order valence-corrected chi connectivity index (χ3v) is 7.65. The third-order valence-electron chi connectivity index (χ3n) is 7.65. The molecule has 0 saturated heterocycles. The summed E-state index contributed by atoms with van der Waals surface area (Å²) in [5.74, 6) is 1.73. The number of aromatic amines is 1. The van der Waals surface area contributed by atoms with Crippen molar-refractivity contribution >= 4 is 23.2 Å². The first-order chi connectivity index (χ1) is 21.8. The molecule has 0 bridgehead atoms. The molecule has 12 heteroatoms. The highest BCUT2D eigenvalue weighted by atomic mass is 16.5. The highest BCUT2D eigenvalue weighted by molar-refractivity contribution is 5.91. The van der Waals surface area contributed by atoms with Crippen molar-refractivity contribution in [2.45, 2.75) is 38.6 Å². The van der Waals surface area contributed by atoms with Crippen molar-refractivity contribution in [3.8, 4) is 39.8 Å². The van der Waals surface area contributed by atoms with Gasteiger partial charge < -0.3 is 30.2 Å². The molecule has 0 spiro atoms. The fraction of sp³-hybridized carbons (Fsp3) is 0.303. The van der Waals surface area contributed by atoms with Crippen LogP contribution in [0.5, 0.6) is 17.2 Å². The van der Waals surface area contributed by atoms with Crippen molar-refractivity contribution in [1.82, 2.24) is 20.5 Å². The van der Waals surface area contributed by atoms with E-state index in [9.17, 15) is 14.4 Å². The second-order valence-corrected chi connectivity index (χ2v) is 10.6. The zero-order valence-corrected chi connectivity index (χ0v) is 25.7. The molecule has 234 valence electrons. The molecule has 0 radical (unpaired) electrons. The molecular formula is C33H36N6O6. The summed E-state index contributed by atoms with van der Waals surface area (Å²) >= 11 is 0. The van der Waals surface area contributed by atoms with Crippen LogP contribution in [0.1, 0.15) is 43.4 Å². The predicted molar refractivity (Wildman–Crippen MR) is 171 cm³/mol. The molecule has 1 aliphatic rings. The maximum absolute atomic E-state index is 13.5. The minimum Gasteiger partial charge on any atom is -0.493 e. The topological polar surface area (TPSA) is 157 Å². The average Bonchev–Trinajstić information content (AvgIpc) is 3.48. The first-order valence-corrected chi connectivity index (χ1v) is 14.6. The molecule has 0 unspecified atom stereocenters. The van der Waals surface area contributed by atoms with E-state index in [0.717, 1.165) is 22.3 Å². The number of H-pyrrole nitrogens is 1. The van der Waals surface area contributed by atoms with Crippen LogP contribution in [0.25, 0.3) is 22.5 Å². The molecule has 0 aliphatic heterocycles. The molecule has 1 heterocycles. The van der Waals surface area contributed by atoms with Crippen LogP contribution in [0.2, 0.25) is 0 Å². The highest BCUT2D eigenvalue weighted by Gasteiger charge is 2.29. The molecule has 4 aromatic rings. The van der Waals surface area contributed by atoms with Crippen LogP contribution < -0.4 is 35.6 Å². The SMILES string of the molecule is COc1cc2c(c(OC)c1OC)-c1ccc(NCCCC(=O)Nc3cccc(-c4ncn[nH]4)c3)c(=O)cc1[C@H](NC(C)=O)CC2. The van der Waals surface area contributed by atoms with Crippen molar-refractivity contribution in [3.05, 3.63) is 76.2 Å². The number of rotatable bonds is 11. The monoisotopic (exact) mass is 612 g/mol. The fourth-order valence-electron chi connectivity index (χ4n) is 5.64. The van der Waals surface area contributed by atoms with Gasteiger partial charge in [-0.25, -0.2) is 4.98 Å². The number of aryl methyl sites for hydroxylation is 1. The van der Waals surface area contributed by atoms with Crippen molar-refractivity contribution < 1.29 is 23.8 Å². The quantitative estimate of drug-likeness (QED) is 0.179. The number of hydrogen-bond acceptors (Lipinski definition) is 9. The Morgan fingerprint density at radius 2 is 1.84 bits per heavy atom. The van der Waals surface area contributed by atoms with Crippen LogP contribution in [-0.4, -0.2) is 54.9 Å². The van der Waals surface area contributed by atoms with Crippen LogP contribution in [0.3, 0.4) is 0 Å². The number of fused-ring (bicyclic) bond motifs is 3. The zero-order chi connectivity index (χ0) is 31.9. The molecule has 3 aromatic carbocycles. The lowest BCUT2D eigenvalue weighted by Gasteiger charge is -2.19. The largest absolute Gasteiger partial charge is 0.493 e. The van der Waals surface area contributed by atoms with Crippen molar-refractivity contribution in [2.24, 2.45) is 0 Å². The van der Waals surface area contributed by atoms with Crippen LogP contribution in [0.4, 0.5) is 11.4 Å². The van der Waals surface area contributed by atoms with Gasteiger partial charge in [-0.1, -0.05) is 18.2 Å². The Hall–Kier alpha value is -5.39. The lowest BCUT2D eigenvalue weighted by atomic mass is 9.95. The minimum absolute atomic E-state index is 0.148. The van der Waals surface area contributed by atoms with Gasteiger partial charge in [-0.05, 0) is 66.3 Å². The molecule has 4 N–H and O–H groups in total. The van der Waals surface area contributed by atoms with Gasteiger partial charge in [-0.15, -0.1) is 0 Å². The molecule has 45 heavy (non-hydrogen) atoms. The first-order valence-electron chi connectivity index (χ1n) is 14.6. The predicted octanol–water partition coefficient (Wildman–Crippen LogP) is 4.48. The molecule has 0 fully saturated rings. The number of hydrogen-bond donors (Lipinski definition) is 4. The zero-order valence-electron chi connectivity index (χ0n) is 25.7. The Morgan fingerprint density at radius 1 is 1.02 bits per heavy atom. The Kier molecular flexibility index (Phi) is 9.61. The molecule has 2 amide bonds. The normalized spacial score (nSPS) is 13.5. The number of ether oxygens (including phenoxy) is 3. The van der Waals surface area contributed by atoms with Crippen LogP contribution in [-0.2, 0) is 16.0 Å². The first kappa shape index (κ1) is 31.0. The highest BCUT2D eigenvalue weighted by Crippen LogP contribution is 2.50. The van der Waals surface area contributed by atoms with Gasteiger partial charge in [0.2, 0.25) is 23.0 Å². The van der Waals surface area contributed by atoms with Gasteiger partial charge in [0.1, 0.15) is 6.33 Å². The molecule has 5 rings (SSSR count). The number of anilines is 2. The molecular weight excluding hydrogens is 576 g/mol. The van der Waals surface area contributed by atoms with E-state index in [4.69, 9.17) is 14.2 Å². The number of carbonyl (C=O) groups excluding carboxylic acids is 2. The summed E-state index contributed by atoms with van der Waals surface area (Å²) in [7, 11) is 4.67. The smallest absolute Gasteiger partial charge is 0.224 e. The van der Waals surface area contributed by atoms with Crippen LogP contribution in [0, 0.1) is 0 Å². The summed E-state index contributed by atoms with van der Waals surface area (Å²) in [5.41, 5.74) is 4.76. The van der Waals surface area contributed by atoms with Gasteiger partial charge in [0.25, 0.3) is 0 Å². The third kappa shape index (κ3) is 6.90. The summed E-state index contributed by atoms with van der Waals surface area (Å²) in [5, 5.41) is 15.8. The van der Waals surface area contributed by atoms with Gasteiger partial charge in [0.05, 0.1) is 33.1 Å². The Morgan fingerprint density at radius 3 is 2.56 bits per heavy atom. The van der Waals surface area contributed by atoms with Gasteiger partial charge >= 0.3 is 0 Å². The van der Waals surface area contributed by atoms with Gasteiger partial charge in [-0.3, -0.25) is 19.5 Å². The lowest BCUT2D eigenvalue weighted by molar-refractivity contribution is -0.119. The van der Waals surface area contributed by atoms with E-state index in [1.54, 1.807) is 39.5 Å². The van der Waals surface area contributed by atoms with E-state index in [0.29, 0.717) is 65.8 Å². The second kappa shape index (κ2) is 13.9. The standard InChI is InChI=1S/C33H36N6O6/c1-19(40)37-25-12-10-20-16-28(43-2)31(44-3)32(45-4)30(20)23-11-13-26(27(41)17-24(23)25)34-14-6-9-29(42)38-22-8-5-7-21(15-22)33-35-18-36-39-33/h5,7-8,11,13,15-18,25H,6,9-10,12,14H2,1-4H3,(H,34,41)(H,37,40)(H,38,42)(H,35,36,39)/t25-/m1/s1. The van der Waals surface area contributed by atoms with Crippen LogP contribution >= 0.6 is 0 Å². The molecule has 1 atom stereocenters. The number of amides is 2. The minimum atomic E-state index is -0.397. The number of carbonyl (C=O) groups is 2. The van der Waals surface area contributed by atoms with E-state index in [1.807, 2.05) is 30.3 Å². The van der Waals surface area contributed by atoms with E-state index in [1.165, 1.54) is 13.3 Å². The van der Waals surface area contributed by atoms with E-state index in [2.05, 4.69) is 31.1 Å². The molecule has 1 aromatic heterocycles. The number of aromatic nitrogens is 3. The molecule has 0 saturated carbocycles. The Bertz CT molecular complexity index is 1760. The van der Waals surface area contributed by atoms with Gasteiger partial charge in [0.15, 0.2) is 17.3 Å². The van der Waals surface area contributed by atoms with Gasteiger partial charge in [-0.2, -0.15) is 5.10 Å². The van der Waals surface area contributed by atoms with Crippen LogP contribution in [0.15, 0.2) is 59.7 Å². The summed E-state index contributed by atoms with van der Waals surface area (Å²) in [6.45, 7) is 1.86. The van der Waals surface area contributed by atoms with E-state index >= 15 is 0 Å². The maximum Gasteiger partial charge on any atom is 0.224 e. The van der Waals surface area contributed by atoms with Crippen molar-refractivity contribution in [2.75, 3.05) is 38.5 Å². The summed E-state index contributed by atoms with van der Waals surface area (Å²) in [6, 6.07) is 14.0. The number of nitrogens with one attached hydrogen (secondary N) is 4. The van der Waals surface area contributed by atoms with E-state index < -0.39 is 6.04 Å². The molecule has 12 nitrogen and oxygen atoms in total.